The molecular formula is C21H25N3O2. The summed E-state index contributed by atoms with van der Waals surface area (Å²) in [6.45, 7) is 1.83. The Kier molecular flexibility index (Phi) is 5.28. The van der Waals surface area contributed by atoms with E-state index in [-0.39, 0.29) is 5.91 Å². The van der Waals surface area contributed by atoms with E-state index in [1.54, 1.807) is 7.11 Å². The molecular weight excluding hydrogens is 326 g/mol. The van der Waals surface area contributed by atoms with E-state index in [1.165, 1.54) is 0 Å². The fraction of sp³-hybridized carbons (Fsp3) is 0.286. The van der Waals surface area contributed by atoms with E-state index < -0.39 is 0 Å². The Hall–Kier alpha value is -2.79. The van der Waals surface area contributed by atoms with Crippen molar-refractivity contribution in [1.29, 1.82) is 0 Å². The van der Waals surface area contributed by atoms with Crippen LogP contribution in [-0.4, -0.2) is 52.1 Å². The largest absolute Gasteiger partial charge is 0.497 e. The third-order valence-corrected chi connectivity index (χ3v) is 4.54. The van der Waals surface area contributed by atoms with Gasteiger partial charge in [0.1, 0.15) is 5.75 Å². The molecule has 0 spiro atoms. The van der Waals surface area contributed by atoms with Gasteiger partial charge in [-0.05, 0) is 44.4 Å². The van der Waals surface area contributed by atoms with Gasteiger partial charge in [0.25, 0.3) is 5.91 Å². The molecule has 1 amide bonds. The minimum absolute atomic E-state index is 0.0732. The van der Waals surface area contributed by atoms with E-state index in [0.29, 0.717) is 5.57 Å². The van der Waals surface area contributed by atoms with Gasteiger partial charge in [-0.2, -0.15) is 0 Å². The van der Waals surface area contributed by atoms with Gasteiger partial charge in [0.05, 0.1) is 7.11 Å². The van der Waals surface area contributed by atoms with E-state index in [4.69, 9.17) is 4.74 Å². The molecule has 0 aromatic heterocycles. The molecule has 0 saturated carbocycles. The lowest BCUT2D eigenvalue weighted by molar-refractivity contribution is -0.110. The normalized spacial score (nSPS) is 14.5. The van der Waals surface area contributed by atoms with Crippen molar-refractivity contribution in [1.82, 2.24) is 4.90 Å². The van der Waals surface area contributed by atoms with E-state index in [1.807, 2.05) is 48.5 Å². The van der Waals surface area contributed by atoms with E-state index in [2.05, 4.69) is 36.3 Å². The molecule has 0 saturated heterocycles. The number of fused-ring (bicyclic) bond motifs is 1. The highest BCUT2D eigenvalue weighted by Gasteiger charge is 2.24. The molecule has 1 aliphatic rings. The zero-order chi connectivity index (χ0) is 18.7. The van der Waals surface area contributed by atoms with Crippen LogP contribution in [0.25, 0.3) is 11.6 Å². The van der Waals surface area contributed by atoms with E-state index in [0.717, 1.165) is 41.3 Å². The van der Waals surface area contributed by atoms with Gasteiger partial charge in [0.15, 0.2) is 0 Å². The Morgan fingerprint density at radius 3 is 2.58 bits per heavy atom. The molecule has 5 heteroatoms. The van der Waals surface area contributed by atoms with Crippen molar-refractivity contribution < 1.29 is 9.53 Å². The third-order valence-electron chi connectivity index (χ3n) is 4.54. The molecule has 3 rings (SSSR count). The number of hydrogen-bond donors (Lipinski definition) is 1. The van der Waals surface area contributed by atoms with Gasteiger partial charge in [-0.25, -0.2) is 0 Å². The van der Waals surface area contributed by atoms with Crippen LogP contribution in [-0.2, 0) is 4.79 Å². The molecule has 0 atom stereocenters. The number of carbonyl (C=O) groups is 1. The van der Waals surface area contributed by atoms with Crippen molar-refractivity contribution in [3.05, 3.63) is 53.6 Å². The second-order valence-electron chi connectivity index (χ2n) is 6.71. The van der Waals surface area contributed by atoms with Crippen molar-refractivity contribution in [2.45, 2.75) is 0 Å². The van der Waals surface area contributed by atoms with Crippen LogP contribution in [0.1, 0.15) is 11.1 Å². The third kappa shape index (κ3) is 3.73. The fourth-order valence-corrected chi connectivity index (χ4v) is 3.03. The lowest BCUT2D eigenvalue weighted by Gasteiger charge is -2.24. The Labute approximate surface area is 154 Å². The minimum atomic E-state index is -0.0732. The maximum atomic E-state index is 12.5. The summed E-state index contributed by atoms with van der Waals surface area (Å²) in [4.78, 5) is 16.8. The second kappa shape index (κ2) is 7.62. The van der Waals surface area contributed by atoms with Gasteiger partial charge in [0.2, 0.25) is 0 Å². The summed E-state index contributed by atoms with van der Waals surface area (Å²) in [6, 6.07) is 13.7. The average molecular weight is 351 g/mol. The summed E-state index contributed by atoms with van der Waals surface area (Å²) in [7, 11) is 7.84. The minimum Gasteiger partial charge on any atom is -0.497 e. The predicted octanol–water partition coefficient (Wildman–Crippen LogP) is 3.19. The highest BCUT2D eigenvalue weighted by atomic mass is 16.5. The summed E-state index contributed by atoms with van der Waals surface area (Å²) in [5.74, 6) is 0.698. The zero-order valence-corrected chi connectivity index (χ0v) is 15.7. The maximum absolute atomic E-state index is 12.5. The van der Waals surface area contributed by atoms with Gasteiger partial charge in [-0.15, -0.1) is 0 Å². The van der Waals surface area contributed by atoms with Crippen LogP contribution in [0.15, 0.2) is 42.5 Å². The molecule has 0 radical (unpaired) electrons. The number of nitrogens with zero attached hydrogens (tertiary/aromatic N) is 2. The number of benzene rings is 2. The van der Waals surface area contributed by atoms with Crippen LogP contribution < -0.4 is 15.0 Å². The number of rotatable bonds is 6. The highest BCUT2D eigenvalue weighted by Crippen LogP contribution is 2.35. The Bertz CT molecular complexity index is 843. The van der Waals surface area contributed by atoms with Crippen molar-refractivity contribution in [2.24, 2.45) is 0 Å². The molecule has 26 heavy (non-hydrogen) atoms. The molecule has 0 bridgehead atoms. The molecule has 0 fully saturated rings. The molecule has 1 N–H and O–H groups in total. The number of carbonyl (C=O) groups excluding carboxylic acids is 1. The Morgan fingerprint density at radius 1 is 1.08 bits per heavy atom. The van der Waals surface area contributed by atoms with Crippen LogP contribution in [0, 0.1) is 0 Å². The van der Waals surface area contributed by atoms with Crippen LogP contribution in [0.5, 0.6) is 5.75 Å². The summed E-state index contributed by atoms with van der Waals surface area (Å²) >= 11 is 0. The number of para-hydroxylation sites is 1. The van der Waals surface area contributed by atoms with Crippen molar-refractivity contribution in [3.8, 4) is 5.75 Å². The molecule has 136 valence electrons. The van der Waals surface area contributed by atoms with Gasteiger partial charge in [-0.3, -0.25) is 4.79 Å². The van der Waals surface area contributed by atoms with E-state index >= 15 is 0 Å². The molecule has 1 heterocycles. The number of hydrogen-bond acceptors (Lipinski definition) is 4. The molecule has 5 nitrogen and oxygen atoms in total. The van der Waals surface area contributed by atoms with Crippen LogP contribution >= 0.6 is 0 Å². The number of nitrogens with one attached hydrogen (secondary N) is 1. The summed E-state index contributed by atoms with van der Waals surface area (Å²) in [5.41, 5.74) is 4.50. The zero-order valence-electron chi connectivity index (χ0n) is 15.7. The number of amides is 1. The summed E-state index contributed by atoms with van der Waals surface area (Å²) in [6.07, 6.45) is 1.95. The Balaban J connectivity index is 2.02. The first-order valence-corrected chi connectivity index (χ1v) is 8.66. The van der Waals surface area contributed by atoms with Crippen LogP contribution in [0.4, 0.5) is 11.4 Å². The van der Waals surface area contributed by atoms with Gasteiger partial charge < -0.3 is 19.9 Å². The molecule has 0 unspecified atom stereocenters. The number of likely N-dealkylation sites (N-methyl/N-ethyl adjacent to an activating group) is 2. The molecule has 0 aliphatic carbocycles. The predicted molar refractivity (Wildman–Crippen MR) is 108 cm³/mol. The summed E-state index contributed by atoms with van der Waals surface area (Å²) < 4.78 is 5.39. The van der Waals surface area contributed by atoms with Crippen molar-refractivity contribution in [3.63, 3.8) is 0 Å². The fourth-order valence-electron chi connectivity index (χ4n) is 3.03. The quantitative estimate of drug-likeness (QED) is 0.812. The topological polar surface area (TPSA) is 44.8 Å². The van der Waals surface area contributed by atoms with Crippen molar-refractivity contribution in [2.75, 3.05) is 51.6 Å². The van der Waals surface area contributed by atoms with Gasteiger partial charge >= 0.3 is 0 Å². The van der Waals surface area contributed by atoms with Crippen LogP contribution in [0.3, 0.4) is 0 Å². The first-order chi connectivity index (χ1) is 12.5. The lowest BCUT2D eigenvalue weighted by atomic mass is 10.0. The second-order valence-corrected chi connectivity index (χ2v) is 6.71. The number of ether oxygens (including phenoxy) is 1. The molecule has 2 aromatic rings. The molecule has 2 aromatic carbocycles. The SMILES string of the molecule is COc1ccc(N(C)CCN(C)C)c(C=C2C(=O)Nc3ccccc32)c1. The standard InChI is InChI=1S/C21H25N3O2/c1-23(2)11-12-24(3)20-10-9-16(26-4)13-15(20)14-18-17-7-5-6-8-19(17)22-21(18)25/h5-10,13-14H,11-12H2,1-4H3,(H,22,25). The van der Waals surface area contributed by atoms with Gasteiger partial charge in [0, 0.05) is 48.2 Å². The lowest BCUT2D eigenvalue weighted by Crippen LogP contribution is -2.28. The van der Waals surface area contributed by atoms with Gasteiger partial charge in [-0.1, -0.05) is 18.2 Å². The highest BCUT2D eigenvalue weighted by molar-refractivity contribution is 6.35. The maximum Gasteiger partial charge on any atom is 0.256 e. The molecule has 1 aliphatic heterocycles. The average Bonchev–Trinajstić information content (AvgIpc) is 2.95. The smallest absolute Gasteiger partial charge is 0.256 e. The van der Waals surface area contributed by atoms with Crippen LogP contribution in [0.2, 0.25) is 0 Å². The van der Waals surface area contributed by atoms with Crippen molar-refractivity contribution >= 4 is 28.9 Å². The summed E-state index contributed by atoms with van der Waals surface area (Å²) in [5, 5.41) is 2.93. The number of methoxy groups -OCH3 is 1. The monoisotopic (exact) mass is 351 g/mol. The van der Waals surface area contributed by atoms with E-state index in [9.17, 15) is 4.79 Å². The Morgan fingerprint density at radius 2 is 1.85 bits per heavy atom. The first-order valence-electron chi connectivity index (χ1n) is 8.66. The first kappa shape index (κ1) is 18.0. The number of anilines is 2.